The summed E-state index contributed by atoms with van der Waals surface area (Å²) in [5, 5.41) is 20.3. The van der Waals surface area contributed by atoms with Crippen molar-refractivity contribution in [2.24, 2.45) is 16.7 Å². The number of fused-ring (bicyclic) bond motifs is 4. The number of hydrogen-bond acceptors (Lipinski definition) is 8. The van der Waals surface area contributed by atoms with E-state index in [1.807, 2.05) is 85.4 Å². The van der Waals surface area contributed by atoms with Gasteiger partial charge in [-0.15, -0.1) is 0 Å². The van der Waals surface area contributed by atoms with E-state index in [1.54, 1.807) is 12.3 Å². The molecule has 3 aromatic carbocycles. The Labute approximate surface area is 312 Å². The highest BCUT2D eigenvalue weighted by atomic mass is 32.1. The summed E-state index contributed by atoms with van der Waals surface area (Å²) in [5.41, 5.74) is 7.54. The Morgan fingerprint density at radius 2 is 1.81 bits per heavy atom. The van der Waals surface area contributed by atoms with Crippen molar-refractivity contribution < 1.29 is 19.5 Å². The van der Waals surface area contributed by atoms with Gasteiger partial charge in [0.2, 0.25) is 0 Å². The largest absolute Gasteiger partial charge is 0.476 e. The molecule has 2 saturated carbocycles. The number of nitrogens with zero attached hydrogens (tertiary/aromatic N) is 4. The number of carbonyl (C=O) groups excluding carboxylic acids is 1. The SMILES string of the molecule is CNOC12CC(C)CC(C)(CC(C)(Cn3ncc(-c4ccc(-c5ccc6cccc(C(=O)Nc7nc8ccccc8s7)c6c5)nc4C(=O)O)c3C)C1)C2. The number of hydrogen-bond donors (Lipinski definition) is 3. The Bertz CT molecular complexity index is 2370. The van der Waals surface area contributed by atoms with Crippen LogP contribution in [0.3, 0.4) is 0 Å². The van der Waals surface area contributed by atoms with E-state index in [2.05, 4.69) is 41.5 Å². The first-order valence-electron chi connectivity index (χ1n) is 18.2. The second-order valence-corrected chi connectivity index (χ2v) is 17.1. The number of hydroxylamine groups is 1. The van der Waals surface area contributed by atoms with Crippen LogP contribution in [0.15, 0.2) is 79.0 Å². The molecule has 0 spiro atoms. The van der Waals surface area contributed by atoms with E-state index in [1.165, 1.54) is 17.8 Å². The summed E-state index contributed by atoms with van der Waals surface area (Å²) in [7, 11) is 1.85. The summed E-state index contributed by atoms with van der Waals surface area (Å²) < 4.78 is 3.02. The quantitative estimate of drug-likeness (QED) is 0.126. The predicted molar refractivity (Wildman–Crippen MR) is 209 cm³/mol. The minimum atomic E-state index is -1.12. The van der Waals surface area contributed by atoms with Crippen molar-refractivity contribution in [3.05, 3.63) is 95.9 Å². The molecule has 3 aromatic heterocycles. The summed E-state index contributed by atoms with van der Waals surface area (Å²) in [5.74, 6) is -0.792. The number of anilines is 1. The van der Waals surface area contributed by atoms with E-state index in [0.717, 1.165) is 57.9 Å². The molecular formula is C42H44N6O4S. The Balaban J connectivity index is 1.08. The van der Waals surface area contributed by atoms with Crippen molar-refractivity contribution in [1.82, 2.24) is 25.2 Å². The van der Waals surface area contributed by atoms with Crippen LogP contribution in [0.25, 0.3) is 43.4 Å². The summed E-state index contributed by atoms with van der Waals surface area (Å²) in [6, 6.07) is 22.7. The molecule has 10 nitrogen and oxygen atoms in total. The molecule has 0 saturated heterocycles. The van der Waals surface area contributed by atoms with Crippen LogP contribution in [0.2, 0.25) is 0 Å². The molecule has 2 aliphatic carbocycles. The fraction of sp³-hybridized carbons (Fsp3) is 0.357. The topological polar surface area (TPSA) is 131 Å². The van der Waals surface area contributed by atoms with Gasteiger partial charge in [-0.25, -0.2) is 20.2 Å². The molecule has 2 aliphatic rings. The van der Waals surface area contributed by atoms with Crippen LogP contribution in [-0.2, 0) is 11.4 Å². The molecule has 4 unspecified atom stereocenters. The maximum atomic E-state index is 13.5. The van der Waals surface area contributed by atoms with E-state index in [0.29, 0.717) is 40.0 Å². The second-order valence-electron chi connectivity index (χ2n) is 16.0. The number of benzene rings is 3. The monoisotopic (exact) mass is 728 g/mol. The molecule has 53 heavy (non-hydrogen) atoms. The highest BCUT2D eigenvalue weighted by molar-refractivity contribution is 7.22. The third-order valence-electron chi connectivity index (χ3n) is 11.2. The maximum Gasteiger partial charge on any atom is 0.355 e. The Morgan fingerprint density at radius 3 is 2.60 bits per heavy atom. The van der Waals surface area contributed by atoms with Gasteiger partial charge in [0.05, 0.1) is 27.7 Å². The van der Waals surface area contributed by atoms with Gasteiger partial charge in [0.25, 0.3) is 5.91 Å². The van der Waals surface area contributed by atoms with Gasteiger partial charge < -0.3 is 5.11 Å². The van der Waals surface area contributed by atoms with Crippen molar-refractivity contribution in [2.75, 3.05) is 12.4 Å². The average Bonchev–Trinajstić information content (AvgIpc) is 3.67. The average molecular weight is 729 g/mol. The lowest BCUT2D eigenvalue weighted by atomic mass is 9.51. The van der Waals surface area contributed by atoms with Crippen LogP contribution in [0.1, 0.15) is 79.4 Å². The lowest BCUT2D eigenvalue weighted by Gasteiger charge is -2.58. The van der Waals surface area contributed by atoms with Crippen molar-refractivity contribution in [3.8, 4) is 22.4 Å². The van der Waals surface area contributed by atoms with E-state index >= 15 is 0 Å². The first kappa shape index (κ1) is 35.1. The number of nitrogens with one attached hydrogen (secondary N) is 2. The summed E-state index contributed by atoms with van der Waals surface area (Å²) in [4.78, 5) is 41.9. The fourth-order valence-corrected chi connectivity index (χ4v) is 10.9. The molecule has 272 valence electrons. The van der Waals surface area contributed by atoms with Crippen LogP contribution < -0.4 is 10.8 Å². The lowest BCUT2D eigenvalue weighted by Crippen LogP contribution is -2.56. The van der Waals surface area contributed by atoms with Gasteiger partial charge in [0.1, 0.15) is 0 Å². The molecule has 4 atom stereocenters. The highest BCUT2D eigenvalue weighted by Crippen LogP contribution is 2.60. The minimum absolute atomic E-state index is 0.0478. The van der Waals surface area contributed by atoms with Gasteiger partial charge in [-0.05, 0) is 103 Å². The van der Waals surface area contributed by atoms with Gasteiger partial charge in [-0.1, -0.05) is 68.5 Å². The van der Waals surface area contributed by atoms with E-state index in [4.69, 9.17) is 9.94 Å². The number of aromatic carboxylic acids is 1. The van der Waals surface area contributed by atoms with Crippen LogP contribution in [0, 0.1) is 23.7 Å². The Hall–Kier alpha value is -4.97. The number of amides is 1. The van der Waals surface area contributed by atoms with Gasteiger partial charge in [-0.3, -0.25) is 19.6 Å². The Kier molecular flexibility index (Phi) is 8.71. The summed E-state index contributed by atoms with van der Waals surface area (Å²) >= 11 is 1.42. The van der Waals surface area contributed by atoms with Gasteiger partial charge >= 0.3 is 5.97 Å². The molecule has 6 aromatic rings. The smallest absolute Gasteiger partial charge is 0.355 e. The predicted octanol–water partition coefficient (Wildman–Crippen LogP) is 9.15. The first-order chi connectivity index (χ1) is 25.4. The number of aromatic nitrogens is 4. The number of carbonyl (C=O) groups is 2. The van der Waals surface area contributed by atoms with Crippen LogP contribution in [0.5, 0.6) is 0 Å². The number of para-hydroxylation sites is 1. The maximum absolute atomic E-state index is 13.5. The zero-order valence-electron chi connectivity index (χ0n) is 30.7. The van der Waals surface area contributed by atoms with Crippen molar-refractivity contribution in [2.45, 2.75) is 71.9 Å². The highest BCUT2D eigenvalue weighted by Gasteiger charge is 2.56. The summed E-state index contributed by atoms with van der Waals surface area (Å²) in [6.45, 7) is 9.78. The number of rotatable bonds is 9. The molecule has 3 N–H and O–H groups in total. The zero-order chi connectivity index (χ0) is 37.1. The fourth-order valence-electron chi connectivity index (χ4n) is 10.0. The normalized spacial score (nSPS) is 24.1. The molecule has 2 fully saturated rings. The van der Waals surface area contributed by atoms with Crippen LogP contribution >= 0.6 is 11.3 Å². The second kappa shape index (κ2) is 13.2. The van der Waals surface area contributed by atoms with Crippen molar-refractivity contribution in [1.29, 1.82) is 0 Å². The zero-order valence-corrected chi connectivity index (χ0v) is 31.5. The summed E-state index contributed by atoms with van der Waals surface area (Å²) in [6.07, 6.45) is 7.00. The van der Waals surface area contributed by atoms with Crippen LogP contribution in [-0.4, -0.2) is 49.4 Å². The van der Waals surface area contributed by atoms with Gasteiger partial charge in [0, 0.05) is 41.5 Å². The third-order valence-corrected chi connectivity index (χ3v) is 12.1. The van der Waals surface area contributed by atoms with Gasteiger partial charge in [-0.2, -0.15) is 5.10 Å². The standard InChI is InChI=1S/C42H44N6O4S/c1-25-18-40(3)21-41(4,23-42(19-25,22-40)52-43-5)24-48-26(2)32(20-44-48)29-15-16-33(45-36(29)38(50)51)28-14-13-27-9-8-10-30(31(27)17-28)37(49)47-39-46-34-11-6-7-12-35(34)53-39/h6-17,20,25,43H,18-19,21-24H2,1-5H3,(H,50,51)(H,46,47,49). The Morgan fingerprint density at radius 1 is 0.981 bits per heavy atom. The molecule has 2 bridgehead atoms. The molecule has 1 amide bonds. The molecular weight excluding hydrogens is 685 g/mol. The van der Waals surface area contributed by atoms with Crippen LogP contribution in [0.4, 0.5) is 5.13 Å². The number of carboxylic acids is 1. The molecule has 0 radical (unpaired) electrons. The molecule has 3 heterocycles. The van der Waals surface area contributed by atoms with E-state index < -0.39 is 5.97 Å². The minimum Gasteiger partial charge on any atom is -0.476 e. The van der Waals surface area contributed by atoms with Crippen molar-refractivity contribution >= 4 is 49.3 Å². The number of carboxylic acid groups (broad SMARTS) is 1. The van der Waals surface area contributed by atoms with Crippen molar-refractivity contribution in [3.63, 3.8) is 0 Å². The number of thiazole rings is 1. The number of pyridine rings is 1. The molecule has 11 heteroatoms. The van der Waals surface area contributed by atoms with E-state index in [9.17, 15) is 14.7 Å². The van der Waals surface area contributed by atoms with Gasteiger partial charge in [0.15, 0.2) is 10.8 Å². The molecule has 8 rings (SSSR count). The van der Waals surface area contributed by atoms with E-state index in [-0.39, 0.29) is 28.0 Å². The third kappa shape index (κ3) is 6.62. The first-order valence-corrected chi connectivity index (χ1v) is 19.0. The lowest BCUT2D eigenvalue weighted by molar-refractivity contribution is -0.204. The molecule has 0 aliphatic heterocycles.